The minimum absolute atomic E-state index is 0. The van der Waals surface area contributed by atoms with Crippen molar-refractivity contribution in [3.05, 3.63) is 46.5 Å². The predicted octanol–water partition coefficient (Wildman–Crippen LogP) is 2.09. The molecule has 0 atom stereocenters. The molecule has 0 radical (unpaired) electrons. The van der Waals surface area contributed by atoms with Crippen LogP contribution < -0.4 is 17.0 Å². The van der Waals surface area contributed by atoms with Crippen LogP contribution in [0.4, 0.5) is 0 Å². The molecule has 1 heterocycles. The van der Waals surface area contributed by atoms with Gasteiger partial charge in [0.05, 0.1) is 39.3 Å². The van der Waals surface area contributed by atoms with Gasteiger partial charge < -0.3 is 31.1 Å². The molecule has 1 aliphatic rings. The van der Waals surface area contributed by atoms with Crippen molar-refractivity contribution in [2.24, 2.45) is 0 Å². The van der Waals surface area contributed by atoms with Crippen molar-refractivity contribution < 1.29 is 35.8 Å². The summed E-state index contributed by atoms with van der Waals surface area (Å²) in [6.45, 7) is 10.0. The molecule has 1 saturated heterocycles. The van der Waals surface area contributed by atoms with Gasteiger partial charge in [0, 0.05) is 17.0 Å². The lowest BCUT2D eigenvalue weighted by atomic mass is 10.1. The first-order valence-electron chi connectivity index (χ1n) is 11.6. The molecular weight excluding hydrogens is 536 g/mol. The van der Waals surface area contributed by atoms with Gasteiger partial charge in [0.15, 0.2) is 0 Å². The lowest BCUT2D eigenvalue weighted by Gasteiger charge is -2.44. The highest BCUT2D eigenvalue weighted by Gasteiger charge is 2.32. The third-order valence-electron chi connectivity index (χ3n) is 6.18. The van der Waals surface area contributed by atoms with Gasteiger partial charge in [-0.3, -0.25) is 9.59 Å². The quantitative estimate of drug-likeness (QED) is 0.166. The number of quaternary nitrogens is 1. The lowest BCUT2D eigenvalue weighted by molar-refractivity contribution is -0.942. The zero-order chi connectivity index (χ0) is 22.5. The van der Waals surface area contributed by atoms with Gasteiger partial charge in [-0.25, -0.2) is 0 Å². The molecule has 0 N–H and O–H groups in total. The van der Waals surface area contributed by atoms with Gasteiger partial charge in [-0.15, -0.1) is 0 Å². The van der Waals surface area contributed by atoms with E-state index < -0.39 is 0 Å². The Bertz CT molecular complexity index is 714. The van der Waals surface area contributed by atoms with Crippen LogP contribution >= 0.6 is 15.9 Å². The number of amides is 1. The molecule has 1 fully saturated rings. The van der Waals surface area contributed by atoms with E-state index in [1.54, 1.807) is 6.08 Å². The minimum atomic E-state index is -0.201. The zero-order valence-corrected chi connectivity index (χ0v) is 22.7. The Morgan fingerprint density at radius 3 is 2.31 bits per heavy atom. The second-order valence-electron chi connectivity index (χ2n) is 8.51. The van der Waals surface area contributed by atoms with E-state index in [0.717, 1.165) is 86.7 Å². The summed E-state index contributed by atoms with van der Waals surface area (Å²) in [5.41, 5.74) is 1.36. The molecule has 0 spiro atoms. The fraction of sp³-hybridized carbons (Fsp3) is 0.600. The molecule has 1 aromatic carbocycles. The van der Waals surface area contributed by atoms with Crippen molar-refractivity contribution in [1.29, 1.82) is 0 Å². The van der Waals surface area contributed by atoms with Gasteiger partial charge >= 0.3 is 5.97 Å². The molecule has 0 saturated carbocycles. The average Bonchev–Trinajstić information content (AvgIpc) is 2.76. The van der Waals surface area contributed by atoms with Crippen LogP contribution in [0.15, 0.2) is 40.9 Å². The normalized spacial score (nSPS) is 15.4. The predicted molar refractivity (Wildman–Crippen MR) is 128 cm³/mol. The molecular formula is C25H38Br2N2O3. The van der Waals surface area contributed by atoms with Crippen molar-refractivity contribution >= 4 is 27.8 Å². The lowest BCUT2D eigenvalue weighted by Crippen LogP contribution is -3.00. The van der Waals surface area contributed by atoms with E-state index in [-0.39, 0.29) is 28.9 Å². The molecule has 0 aromatic heterocycles. The van der Waals surface area contributed by atoms with Crippen molar-refractivity contribution in [3.63, 3.8) is 0 Å². The highest BCUT2D eigenvalue weighted by atomic mass is 79.9. The fourth-order valence-electron chi connectivity index (χ4n) is 4.07. The smallest absolute Gasteiger partial charge is 0.302 e. The highest BCUT2D eigenvalue weighted by Crippen LogP contribution is 2.20. The number of halogens is 2. The Morgan fingerprint density at radius 1 is 1.06 bits per heavy atom. The van der Waals surface area contributed by atoms with E-state index in [1.807, 2.05) is 11.0 Å². The number of unbranched alkanes of at least 4 members (excludes halogenated alkanes) is 5. The van der Waals surface area contributed by atoms with Crippen LogP contribution in [0.25, 0.3) is 0 Å². The zero-order valence-electron chi connectivity index (χ0n) is 19.5. The molecule has 5 nitrogen and oxygen atoms in total. The monoisotopic (exact) mass is 572 g/mol. The Labute approximate surface area is 212 Å². The summed E-state index contributed by atoms with van der Waals surface area (Å²) >= 11 is 3.51. The number of likely N-dealkylation sites (N-methyl/N-ethyl adjacent to an activating group) is 1. The number of benzene rings is 1. The highest BCUT2D eigenvalue weighted by molar-refractivity contribution is 9.10. The molecule has 180 valence electrons. The first-order valence-corrected chi connectivity index (χ1v) is 12.4. The Kier molecular flexibility index (Phi) is 14.1. The number of carbonyl (C=O) groups is 2. The maximum Gasteiger partial charge on any atom is 0.302 e. The molecule has 0 aliphatic carbocycles. The van der Waals surface area contributed by atoms with Gasteiger partial charge in [-0.05, 0) is 44.4 Å². The second kappa shape index (κ2) is 15.6. The number of nitrogens with zero attached hydrogens (tertiary/aromatic N) is 2. The number of hydrogen-bond donors (Lipinski definition) is 0. The Balaban J connectivity index is 0.00000512. The average molecular weight is 574 g/mol. The van der Waals surface area contributed by atoms with E-state index in [1.165, 1.54) is 12.5 Å². The number of allylic oxidation sites excluding steroid dienone is 1. The van der Waals surface area contributed by atoms with E-state index >= 15 is 0 Å². The summed E-state index contributed by atoms with van der Waals surface area (Å²) < 4.78 is 7.09. The van der Waals surface area contributed by atoms with Gasteiger partial charge in [0.1, 0.15) is 6.54 Å². The maximum absolute atomic E-state index is 12.5. The molecule has 32 heavy (non-hydrogen) atoms. The topological polar surface area (TPSA) is 46.6 Å². The molecule has 0 bridgehead atoms. The van der Waals surface area contributed by atoms with Gasteiger partial charge in [0.25, 0.3) is 0 Å². The van der Waals surface area contributed by atoms with Crippen molar-refractivity contribution in [3.8, 4) is 0 Å². The van der Waals surface area contributed by atoms with Gasteiger partial charge in [0.2, 0.25) is 5.91 Å². The van der Waals surface area contributed by atoms with E-state index in [9.17, 15) is 9.59 Å². The molecule has 2 rings (SSSR count). The number of hydrogen-bond acceptors (Lipinski definition) is 3. The summed E-state index contributed by atoms with van der Waals surface area (Å²) in [6.07, 6.45) is 10.1. The third kappa shape index (κ3) is 10.6. The third-order valence-corrected chi connectivity index (χ3v) is 6.71. The first-order chi connectivity index (χ1) is 14.9. The molecule has 1 amide bonds. The second-order valence-corrected chi connectivity index (χ2v) is 9.43. The number of esters is 1. The van der Waals surface area contributed by atoms with Crippen molar-refractivity contribution in [2.75, 3.05) is 39.3 Å². The largest absolute Gasteiger partial charge is 1.00 e. The number of ether oxygens (including phenoxy) is 1. The van der Waals surface area contributed by atoms with Crippen molar-refractivity contribution in [1.82, 2.24) is 4.90 Å². The summed E-state index contributed by atoms with van der Waals surface area (Å²) in [5, 5.41) is 0. The van der Waals surface area contributed by atoms with Crippen LogP contribution in [0, 0.1) is 0 Å². The van der Waals surface area contributed by atoms with Crippen LogP contribution in [-0.2, 0) is 20.9 Å². The summed E-state index contributed by atoms with van der Waals surface area (Å²) in [6, 6.07) is 8.60. The standard InChI is InChI=1S/C25H38BrN2O3.BrH/c1-3-28(21-23-12-14-24(26)15-13-23)18-16-27(17-19-28)25(30)11-9-7-5-4-6-8-10-20-31-22(2)29;/h9,11-15H,3-8,10,16-21H2,1-2H3;1H/q+1;/p-1/b11-9+;. The fourth-order valence-corrected chi connectivity index (χ4v) is 4.34. The van der Waals surface area contributed by atoms with E-state index in [2.05, 4.69) is 47.1 Å². The number of carbonyl (C=O) groups excluding carboxylic acids is 2. The van der Waals surface area contributed by atoms with Crippen LogP contribution in [0.1, 0.15) is 57.9 Å². The van der Waals surface area contributed by atoms with Crippen molar-refractivity contribution in [2.45, 2.75) is 58.9 Å². The maximum atomic E-state index is 12.5. The van der Waals surface area contributed by atoms with Crippen LogP contribution in [0.5, 0.6) is 0 Å². The van der Waals surface area contributed by atoms with Crippen LogP contribution in [0.3, 0.4) is 0 Å². The van der Waals surface area contributed by atoms with E-state index in [0.29, 0.717) is 6.61 Å². The van der Waals surface area contributed by atoms with Crippen LogP contribution in [0.2, 0.25) is 0 Å². The minimum Gasteiger partial charge on any atom is -1.00 e. The van der Waals surface area contributed by atoms with Gasteiger partial charge in [-0.1, -0.05) is 53.4 Å². The molecule has 7 heteroatoms. The Morgan fingerprint density at radius 2 is 1.69 bits per heavy atom. The molecule has 0 unspecified atom stereocenters. The SMILES string of the molecule is CC[N+]1(Cc2ccc(Br)cc2)CCN(C(=O)/C=C/CCCCCCCOC(C)=O)CC1.[Br-]. The van der Waals surface area contributed by atoms with E-state index in [4.69, 9.17) is 4.74 Å². The number of rotatable bonds is 12. The molecule has 1 aromatic rings. The summed E-state index contributed by atoms with van der Waals surface area (Å²) in [7, 11) is 0. The first kappa shape index (κ1) is 28.9. The molecule has 1 aliphatic heterocycles. The summed E-state index contributed by atoms with van der Waals surface area (Å²) in [5.74, 6) is -0.0497. The number of piperazine rings is 1. The van der Waals surface area contributed by atoms with Crippen LogP contribution in [-0.4, -0.2) is 60.6 Å². The van der Waals surface area contributed by atoms with Gasteiger partial charge in [-0.2, -0.15) is 0 Å². The summed E-state index contributed by atoms with van der Waals surface area (Å²) in [4.78, 5) is 25.2. The Hall–Kier alpha value is -1.18.